The number of piperidine rings is 1. The highest BCUT2D eigenvalue weighted by atomic mass is 32.2. The van der Waals surface area contributed by atoms with E-state index in [0.29, 0.717) is 37.3 Å². The van der Waals surface area contributed by atoms with Gasteiger partial charge in [0.1, 0.15) is 0 Å². The Morgan fingerprint density at radius 3 is 2.50 bits per heavy atom. The SMILES string of the molecule is CC1(C)CCC(CNC(=O)N2CCCC(S(N)(=O)=O)C2)CC1. The number of hydrogen-bond donors (Lipinski definition) is 2. The summed E-state index contributed by atoms with van der Waals surface area (Å²) < 4.78 is 22.9. The van der Waals surface area contributed by atoms with Gasteiger partial charge in [0, 0.05) is 19.6 Å². The minimum atomic E-state index is -3.56. The lowest BCUT2D eigenvalue weighted by molar-refractivity contribution is 0.171. The van der Waals surface area contributed by atoms with Gasteiger partial charge < -0.3 is 10.2 Å². The molecule has 0 bridgehead atoms. The van der Waals surface area contributed by atoms with Crippen molar-refractivity contribution in [3.63, 3.8) is 0 Å². The van der Waals surface area contributed by atoms with Crippen LogP contribution in [0.4, 0.5) is 4.79 Å². The zero-order valence-electron chi connectivity index (χ0n) is 13.7. The third kappa shape index (κ3) is 4.84. The molecule has 1 aliphatic carbocycles. The van der Waals surface area contributed by atoms with Gasteiger partial charge in [0.15, 0.2) is 0 Å². The van der Waals surface area contributed by atoms with Crippen LogP contribution in [0.5, 0.6) is 0 Å². The Balaban J connectivity index is 1.78. The Morgan fingerprint density at radius 1 is 1.27 bits per heavy atom. The lowest BCUT2D eigenvalue weighted by atomic mass is 9.73. The Labute approximate surface area is 133 Å². The molecule has 22 heavy (non-hydrogen) atoms. The number of carbonyl (C=O) groups is 1. The van der Waals surface area contributed by atoms with Crippen LogP contribution >= 0.6 is 0 Å². The van der Waals surface area contributed by atoms with Gasteiger partial charge in [0.2, 0.25) is 10.0 Å². The molecule has 1 unspecified atom stereocenters. The summed E-state index contributed by atoms with van der Waals surface area (Å²) in [5, 5.41) is 7.55. The van der Waals surface area contributed by atoms with Gasteiger partial charge in [0.25, 0.3) is 0 Å². The first kappa shape index (κ1) is 17.5. The van der Waals surface area contributed by atoms with E-state index in [2.05, 4.69) is 19.2 Å². The summed E-state index contributed by atoms with van der Waals surface area (Å²) in [4.78, 5) is 13.8. The van der Waals surface area contributed by atoms with Crippen molar-refractivity contribution >= 4 is 16.1 Å². The second kappa shape index (κ2) is 6.74. The van der Waals surface area contributed by atoms with Crippen LogP contribution < -0.4 is 10.5 Å². The molecule has 1 saturated heterocycles. The van der Waals surface area contributed by atoms with E-state index < -0.39 is 15.3 Å². The standard InChI is InChI=1S/C15H29N3O3S/c1-15(2)7-5-12(6-8-15)10-17-14(19)18-9-3-4-13(11-18)22(16,20)21/h12-13H,3-11H2,1-2H3,(H,17,19)(H2,16,20,21). The molecule has 1 heterocycles. The second-order valence-corrected chi connectivity index (χ2v) is 9.44. The Kier molecular flexibility index (Phi) is 5.37. The van der Waals surface area contributed by atoms with Crippen molar-refractivity contribution < 1.29 is 13.2 Å². The quantitative estimate of drug-likeness (QED) is 0.824. The van der Waals surface area contributed by atoms with E-state index in [-0.39, 0.29) is 12.6 Å². The smallest absolute Gasteiger partial charge is 0.317 e. The lowest BCUT2D eigenvalue weighted by Crippen LogP contribution is -2.51. The monoisotopic (exact) mass is 331 g/mol. The first-order valence-electron chi connectivity index (χ1n) is 8.22. The van der Waals surface area contributed by atoms with E-state index in [0.717, 1.165) is 12.8 Å². The average molecular weight is 331 g/mol. The number of likely N-dealkylation sites (tertiary alicyclic amines) is 1. The molecule has 1 aliphatic heterocycles. The van der Waals surface area contributed by atoms with Gasteiger partial charge in [-0.3, -0.25) is 0 Å². The van der Waals surface area contributed by atoms with Gasteiger partial charge in [-0.25, -0.2) is 18.4 Å². The Hall–Kier alpha value is -0.820. The maximum atomic E-state index is 12.2. The molecule has 7 heteroatoms. The number of urea groups is 1. The largest absolute Gasteiger partial charge is 0.338 e. The molecule has 3 N–H and O–H groups in total. The van der Waals surface area contributed by atoms with Gasteiger partial charge in [-0.2, -0.15) is 0 Å². The molecule has 0 aromatic carbocycles. The van der Waals surface area contributed by atoms with Crippen molar-refractivity contribution in [2.24, 2.45) is 16.5 Å². The van der Waals surface area contributed by atoms with Crippen molar-refractivity contribution in [1.82, 2.24) is 10.2 Å². The number of nitrogens with one attached hydrogen (secondary N) is 1. The van der Waals surface area contributed by atoms with Crippen LogP contribution in [-0.2, 0) is 10.0 Å². The predicted molar refractivity (Wildman–Crippen MR) is 86.8 cm³/mol. The molecule has 2 amide bonds. The summed E-state index contributed by atoms with van der Waals surface area (Å²) in [6, 6.07) is -0.154. The fourth-order valence-electron chi connectivity index (χ4n) is 3.40. The van der Waals surface area contributed by atoms with Crippen molar-refractivity contribution in [2.75, 3.05) is 19.6 Å². The summed E-state index contributed by atoms with van der Waals surface area (Å²) in [6.45, 7) is 6.09. The molecular weight excluding hydrogens is 302 g/mol. The van der Waals surface area contributed by atoms with Gasteiger partial charge >= 0.3 is 6.03 Å². The van der Waals surface area contributed by atoms with Crippen LogP contribution in [0, 0.1) is 11.3 Å². The zero-order chi connectivity index (χ0) is 16.4. The Morgan fingerprint density at radius 2 is 1.91 bits per heavy atom. The number of nitrogens with two attached hydrogens (primary N) is 1. The molecule has 6 nitrogen and oxygen atoms in total. The van der Waals surface area contributed by atoms with Gasteiger partial charge in [0.05, 0.1) is 5.25 Å². The highest BCUT2D eigenvalue weighted by Crippen LogP contribution is 2.37. The highest BCUT2D eigenvalue weighted by molar-refractivity contribution is 7.89. The summed E-state index contributed by atoms with van der Waals surface area (Å²) in [6.07, 6.45) is 5.92. The molecule has 128 valence electrons. The normalized spacial score (nSPS) is 26.7. The molecule has 0 aromatic rings. The number of sulfonamides is 1. The summed E-state index contributed by atoms with van der Waals surface area (Å²) >= 11 is 0. The van der Waals surface area contributed by atoms with Crippen LogP contribution in [0.15, 0.2) is 0 Å². The van der Waals surface area contributed by atoms with E-state index >= 15 is 0 Å². The molecule has 0 aromatic heterocycles. The molecule has 2 aliphatic rings. The molecule has 2 rings (SSSR count). The lowest BCUT2D eigenvalue weighted by Gasteiger charge is -2.35. The number of nitrogens with zero attached hydrogens (tertiary/aromatic N) is 1. The third-order valence-corrected chi connectivity index (χ3v) is 6.44. The number of hydrogen-bond acceptors (Lipinski definition) is 3. The molecule has 1 atom stereocenters. The van der Waals surface area contributed by atoms with Crippen molar-refractivity contribution in [3.8, 4) is 0 Å². The molecule has 2 fully saturated rings. The van der Waals surface area contributed by atoms with Crippen LogP contribution in [-0.4, -0.2) is 44.2 Å². The van der Waals surface area contributed by atoms with Crippen LogP contribution in [0.25, 0.3) is 0 Å². The van der Waals surface area contributed by atoms with Crippen molar-refractivity contribution in [2.45, 2.75) is 57.6 Å². The number of primary sulfonamides is 1. The maximum Gasteiger partial charge on any atom is 0.317 e. The summed E-state index contributed by atoms with van der Waals surface area (Å²) in [5.41, 5.74) is 0.427. The van der Waals surface area contributed by atoms with E-state index in [1.54, 1.807) is 4.90 Å². The number of carbonyl (C=O) groups excluding carboxylic acids is 1. The summed E-state index contributed by atoms with van der Waals surface area (Å²) in [5.74, 6) is 0.538. The van der Waals surface area contributed by atoms with Gasteiger partial charge in [-0.15, -0.1) is 0 Å². The second-order valence-electron chi connectivity index (χ2n) is 7.59. The van der Waals surface area contributed by atoms with Crippen LogP contribution in [0.1, 0.15) is 52.4 Å². The average Bonchev–Trinajstić information content (AvgIpc) is 2.45. The number of rotatable bonds is 3. The van der Waals surface area contributed by atoms with Crippen LogP contribution in [0.2, 0.25) is 0 Å². The van der Waals surface area contributed by atoms with Crippen LogP contribution in [0.3, 0.4) is 0 Å². The van der Waals surface area contributed by atoms with Crippen molar-refractivity contribution in [3.05, 3.63) is 0 Å². The maximum absolute atomic E-state index is 12.2. The van der Waals surface area contributed by atoms with E-state index in [1.807, 2.05) is 0 Å². The van der Waals surface area contributed by atoms with Crippen molar-refractivity contribution in [1.29, 1.82) is 0 Å². The first-order chi connectivity index (χ1) is 10.2. The Bertz CT molecular complexity index is 494. The minimum Gasteiger partial charge on any atom is -0.338 e. The minimum absolute atomic E-state index is 0.154. The molecular formula is C15H29N3O3S. The van der Waals surface area contributed by atoms with Gasteiger partial charge in [-0.1, -0.05) is 13.8 Å². The fourth-order valence-corrected chi connectivity index (χ4v) is 4.28. The van der Waals surface area contributed by atoms with E-state index in [9.17, 15) is 13.2 Å². The molecule has 0 spiro atoms. The fraction of sp³-hybridized carbons (Fsp3) is 0.933. The molecule has 1 saturated carbocycles. The zero-order valence-corrected chi connectivity index (χ0v) is 14.5. The number of amides is 2. The highest BCUT2D eigenvalue weighted by Gasteiger charge is 2.31. The topological polar surface area (TPSA) is 92.5 Å². The third-order valence-electron chi connectivity index (χ3n) is 5.13. The first-order valence-corrected chi connectivity index (χ1v) is 9.83. The molecule has 0 radical (unpaired) electrons. The van der Waals surface area contributed by atoms with Gasteiger partial charge in [-0.05, 0) is 49.9 Å². The summed E-state index contributed by atoms with van der Waals surface area (Å²) in [7, 11) is -3.56. The predicted octanol–water partition coefficient (Wildman–Crippen LogP) is 1.67. The van der Waals surface area contributed by atoms with E-state index in [4.69, 9.17) is 5.14 Å². The van der Waals surface area contributed by atoms with E-state index in [1.165, 1.54) is 12.8 Å².